The van der Waals surface area contributed by atoms with Gasteiger partial charge in [0.2, 0.25) is 0 Å². The van der Waals surface area contributed by atoms with Crippen LogP contribution in [0.4, 0.5) is 0 Å². The molecular weight excluding hydrogens is 210 g/mol. The number of aryl methyl sites for hydroxylation is 1. The third-order valence-electron chi connectivity index (χ3n) is 3.85. The van der Waals surface area contributed by atoms with Gasteiger partial charge in [-0.15, -0.1) is 0 Å². The topological polar surface area (TPSA) is 20.5 Å². The van der Waals surface area contributed by atoms with Gasteiger partial charge in [0.15, 0.2) is 0 Å². The molecule has 1 aliphatic heterocycles. The second-order valence-electron chi connectivity index (χ2n) is 4.94. The molecule has 2 aromatic rings. The second kappa shape index (κ2) is 4.15. The summed E-state index contributed by atoms with van der Waals surface area (Å²) in [7, 11) is 0. The van der Waals surface area contributed by atoms with Gasteiger partial charge in [-0.25, -0.2) is 4.98 Å². The van der Waals surface area contributed by atoms with E-state index in [0.717, 1.165) is 12.2 Å². The fourth-order valence-corrected chi connectivity index (χ4v) is 2.73. The van der Waals surface area contributed by atoms with Crippen molar-refractivity contribution in [2.75, 3.05) is 19.6 Å². The lowest BCUT2D eigenvalue weighted by Gasteiger charge is -2.11. The molecule has 3 heteroatoms. The number of hydrogen-bond acceptors (Lipinski definition) is 2. The van der Waals surface area contributed by atoms with E-state index in [9.17, 15) is 0 Å². The first kappa shape index (κ1) is 10.8. The third-order valence-corrected chi connectivity index (χ3v) is 3.85. The SMILES string of the molecule is CCN1CCC(c2cn3c(C)cccc3n2)C1. The first-order valence-corrected chi connectivity index (χ1v) is 6.45. The number of pyridine rings is 1. The lowest BCUT2D eigenvalue weighted by molar-refractivity contribution is 0.353. The Hall–Kier alpha value is -1.35. The molecular formula is C14H19N3. The predicted molar refractivity (Wildman–Crippen MR) is 69.4 cm³/mol. The van der Waals surface area contributed by atoms with Crippen molar-refractivity contribution in [1.82, 2.24) is 14.3 Å². The van der Waals surface area contributed by atoms with Crippen LogP contribution in [0.1, 0.15) is 30.7 Å². The second-order valence-corrected chi connectivity index (χ2v) is 4.94. The summed E-state index contributed by atoms with van der Waals surface area (Å²) >= 11 is 0. The van der Waals surface area contributed by atoms with Gasteiger partial charge < -0.3 is 9.30 Å². The number of nitrogens with zero attached hydrogens (tertiary/aromatic N) is 3. The largest absolute Gasteiger partial charge is 0.304 e. The van der Waals surface area contributed by atoms with E-state index < -0.39 is 0 Å². The zero-order valence-corrected chi connectivity index (χ0v) is 10.6. The van der Waals surface area contributed by atoms with Crippen LogP contribution >= 0.6 is 0 Å². The molecule has 17 heavy (non-hydrogen) atoms. The molecule has 1 atom stereocenters. The molecule has 0 saturated carbocycles. The van der Waals surface area contributed by atoms with Gasteiger partial charge in [0.25, 0.3) is 0 Å². The number of likely N-dealkylation sites (N-methyl/N-ethyl adjacent to an activating group) is 1. The van der Waals surface area contributed by atoms with Crippen LogP contribution in [0.15, 0.2) is 24.4 Å². The summed E-state index contributed by atoms with van der Waals surface area (Å²) in [5.74, 6) is 0.620. The molecule has 0 aliphatic carbocycles. The van der Waals surface area contributed by atoms with E-state index >= 15 is 0 Å². The Kier molecular flexibility index (Phi) is 2.63. The van der Waals surface area contributed by atoms with Gasteiger partial charge in [0.05, 0.1) is 5.69 Å². The van der Waals surface area contributed by atoms with Crippen molar-refractivity contribution < 1.29 is 0 Å². The maximum Gasteiger partial charge on any atom is 0.137 e. The van der Waals surface area contributed by atoms with Crippen LogP contribution in [0.2, 0.25) is 0 Å². The molecule has 0 spiro atoms. The highest BCUT2D eigenvalue weighted by atomic mass is 15.1. The van der Waals surface area contributed by atoms with Crippen LogP contribution in [0, 0.1) is 6.92 Å². The third kappa shape index (κ3) is 1.84. The number of rotatable bonds is 2. The highest BCUT2D eigenvalue weighted by Gasteiger charge is 2.24. The van der Waals surface area contributed by atoms with Crippen LogP contribution in [-0.4, -0.2) is 33.9 Å². The van der Waals surface area contributed by atoms with Gasteiger partial charge in [0, 0.05) is 24.4 Å². The lowest BCUT2D eigenvalue weighted by Crippen LogP contribution is -2.19. The molecule has 2 aromatic heterocycles. The fourth-order valence-electron chi connectivity index (χ4n) is 2.73. The van der Waals surface area contributed by atoms with E-state index in [-0.39, 0.29) is 0 Å². The summed E-state index contributed by atoms with van der Waals surface area (Å²) in [6.45, 7) is 7.90. The predicted octanol–water partition coefficient (Wildman–Crippen LogP) is 2.45. The van der Waals surface area contributed by atoms with Crippen molar-refractivity contribution in [3.63, 3.8) is 0 Å². The summed E-state index contributed by atoms with van der Waals surface area (Å²) < 4.78 is 2.20. The van der Waals surface area contributed by atoms with E-state index in [4.69, 9.17) is 4.98 Å². The Labute approximate surface area is 102 Å². The number of fused-ring (bicyclic) bond motifs is 1. The normalized spacial score (nSPS) is 21.4. The summed E-state index contributed by atoms with van der Waals surface area (Å²) in [5.41, 5.74) is 3.59. The summed E-state index contributed by atoms with van der Waals surface area (Å²) in [4.78, 5) is 7.26. The monoisotopic (exact) mass is 229 g/mol. The number of likely N-dealkylation sites (tertiary alicyclic amines) is 1. The molecule has 0 bridgehead atoms. The molecule has 0 N–H and O–H groups in total. The van der Waals surface area contributed by atoms with Crippen LogP contribution in [0.25, 0.3) is 5.65 Å². The first-order valence-electron chi connectivity index (χ1n) is 6.45. The van der Waals surface area contributed by atoms with Gasteiger partial charge in [-0.2, -0.15) is 0 Å². The van der Waals surface area contributed by atoms with E-state index in [2.05, 4.69) is 47.5 Å². The van der Waals surface area contributed by atoms with E-state index in [1.54, 1.807) is 0 Å². The Morgan fingerprint density at radius 2 is 2.29 bits per heavy atom. The zero-order valence-electron chi connectivity index (χ0n) is 10.6. The molecule has 1 saturated heterocycles. The Morgan fingerprint density at radius 1 is 1.41 bits per heavy atom. The summed E-state index contributed by atoms with van der Waals surface area (Å²) in [6, 6.07) is 6.29. The Morgan fingerprint density at radius 3 is 3.00 bits per heavy atom. The molecule has 0 radical (unpaired) electrons. The van der Waals surface area contributed by atoms with Crippen molar-refractivity contribution in [2.24, 2.45) is 0 Å². The minimum Gasteiger partial charge on any atom is -0.304 e. The highest BCUT2D eigenvalue weighted by Crippen LogP contribution is 2.26. The zero-order chi connectivity index (χ0) is 11.8. The minimum atomic E-state index is 0.620. The van der Waals surface area contributed by atoms with E-state index in [0.29, 0.717) is 5.92 Å². The average Bonchev–Trinajstić information content (AvgIpc) is 2.95. The van der Waals surface area contributed by atoms with Crippen LogP contribution in [-0.2, 0) is 0 Å². The maximum atomic E-state index is 4.76. The molecule has 3 nitrogen and oxygen atoms in total. The van der Waals surface area contributed by atoms with Crippen molar-refractivity contribution in [3.05, 3.63) is 35.8 Å². The standard InChI is InChI=1S/C14H19N3/c1-3-16-8-7-12(9-16)13-10-17-11(2)5-4-6-14(17)15-13/h4-6,10,12H,3,7-9H2,1-2H3. The summed E-state index contributed by atoms with van der Waals surface area (Å²) in [5, 5.41) is 0. The van der Waals surface area contributed by atoms with Gasteiger partial charge in [-0.3, -0.25) is 0 Å². The van der Waals surface area contributed by atoms with Crippen molar-refractivity contribution in [3.8, 4) is 0 Å². The van der Waals surface area contributed by atoms with Gasteiger partial charge in [0.1, 0.15) is 5.65 Å². The van der Waals surface area contributed by atoms with Gasteiger partial charge in [-0.05, 0) is 38.6 Å². The Balaban J connectivity index is 1.94. The number of hydrogen-bond donors (Lipinski definition) is 0. The van der Waals surface area contributed by atoms with Crippen molar-refractivity contribution in [2.45, 2.75) is 26.2 Å². The fraction of sp³-hybridized carbons (Fsp3) is 0.500. The Bertz CT molecular complexity index is 529. The quantitative estimate of drug-likeness (QED) is 0.788. The number of imidazole rings is 1. The van der Waals surface area contributed by atoms with Crippen LogP contribution in [0.5, 0.6) is 0 Å². The molecule has 3 rings (SSSR count). The van der Waals surface area contributed by atoms with Gasteiger partial charge in [-0.1, -0.05) is 13.0 Å². The van der Waals surface area contributed by atoms with E-state index in [1.165, 1.54) is 30.9 Å². The molecule has 1 unspecified atom stereocenters. The first-order chi connectivity index (χ1) is 8.28. The molecule has 90 valence electrons. The molecule has 1 aliphatic rings. The average molecular weight is 229 g/mol. The van der Waals surface area contributed by atoms with Crippen molar-refractivity contribution in [1.29, 1.82) is 0 Å². The molecule has 1 fully saturated rings. The smallest absolute Gasteiger partial charge is 0.137 e. The molecule has 0 aromatic carbocycles. The summed E-state index contributed by atoms with van der Waals surface area (Å²) in [6.07, 6.45) is 3.46. The highest BCUT2D eigenvalue weighted by molar-refractivity contribution is 5.42. The lowest BCUT2D eigenvalue weighted by atomic mass is 10.1. The van der Waals surface area contributed by atoms with Gasteiger partial charge >= 0.3 is 0 Å². The van der Waals surface area contributed by atoms with Crippen LogP contribution in [0.3, 0.4) is 0 Å². The van der Waals surface area contributed by atoms with Crippen LogP contribution < -0.4 is 0 Å². The maximum absolute atomic E-state index is 4.76. The molecule has 3 heterocycles. The van der Waals surface area contributed by atoms with E-state index in [1.807, 2.05) is 0 Å². The van der Waals surface area contributed by atoms with Crippen molar-refractivity contribution >= 4 is 5.65 Å². The number of aromatic nitrogens is 2. The minimum absolute atomic E-state index is 0.620. The molecule has 0 amide bonds.